The molecule has 10 nitrogen and oxygen atoms in total. The van der Waals surface area contributed by atoms with Gasteiger partial charge < -0.3 is 19.9 Å². The Hall–Kier alpha value is -4.02. The number of nitrogens with one attached hydrogen (secondary N) is 2. The van der Waals surface area contributed by atoms with Crippen LogP contribution < -0.4 is 10.7 Å². The summed E-state index contributed by atoms with van der Waals surface area (Å²) in [7, 11) is 0. The lowest BCUT2D eigenvalue weighted by Gasteiger charge is -2.35. The summed E-state index contributed by atoms with van der Waals surface area (Å²) >= 11 is 0. The van der Waals surface area contributed by atoms with Gasteiger partial charge in [0.1, 0.15) is 30.2 Å². The van der Waals surface area contributed by atoms with Crippen molar-refractivity contribution in [1.29, 1.82) is 0 Å². The minimum Gasteiger partial charge on any atom is -0.508 e. The monoisotopic (exact) mass is 647 g/mol. The molecule has 2 aromatic carbocycles. The van der Waals surface area contributed by atoms with Gasteiger partial charge in [-0.05, 0) is 73.4 Å². The van der Waals surface area contributed by atoms with E-state index in [2.05, 4.69) is 16.8 Å². The quantitative estimate of drug-likeness (QED) is 0.397. The first-order chi connectivity index (χ1) is 22.5. The van der Waals surface area contributed by atoms with E-state index in [0.717, 1.165) is 11.1 Å². The summed E-state index contributed by atoms with van der Waals surface area (Å²) in [5.41, 5.74) is 5.49. The van der Waals surface area contributed by atoms with Crippen LogP contribution in [0.2, 0.25) is 0 Å². The summed E-state index contributed by atoms with van der Waals surface area (Å²) in [6, 6.07) is 12.5. The second-order valence-electron chi connectivity index (χ2n) is 12.9. The van der Waals surface area contributed by atoms with E-state index in [1.165, 1.54) is 11.1 Å². The molecule has 1 saturated heterocycles. The number of fused-ring (bicyclic) bond motifs is 4. The smallest absolute Gasteiger partial charge is 0.325 e. The average molecular weight is 648 g/mol. The molecular weight excluding hydrogens is 598 g/mol. The highest BCUT2D eigenvalue weighted by Gasteiger charge is 2.36. The molecule has 4 bridgehead atoms. The molecule has 2 aromatic rings. The Morgan fingerprint density at radius 3 is 2.60 bits per heavy atom. The van der Waals surface area contributed by atoms with Gasteiger partial charge in [0, 0.05) is 37.8 Å². The van der Waals surface area contributed by atoms with Crippen molar-refractivity contribution >= 4 is 29.6 Å². The van der Waals surface area contributed by atoms with Gasteiger partial charge in [0.15, 0.2) is 0 Å². The fourth-order valence-corrected chi connectivity index (χ4v) is 6.16. The van der Waals surface area contributed by atoms with E-state index in [4.69, 9.17) is 9.47 Å². The van der Waals surface area contributed by atoms with Crippen LogP contribution in [-0.2, 0) is 41.7 Å². The molecule has 2 aliphatic rings. The number of ketones is 1. The zero-order valence-corrected chi connectivity index (χ0v) is 27.9. The number of hydrogen-bond donors (Lipinski definition) is 3. The Morgan fingerprint density at radius 2 is 1.85 bits per heavy atom. The van der Waals surface area contributed by atoms with Crippen LogP contribution in [0.1, 0.15) is 76.5 Å². The van der Waals surface area contributed by atoms with Gasteiger partial charge in [-0.2, -0.15) is 0 Å². The third-order valence-corrected chi connectivity index (χ3v) is 8.97. The molecule has 0 saturated carbocycles. The highest BCUT2D eigenvalue weighted by molar-refractivity contribution is 5.92. The van der Waals surface area contributed by atoms with Gasteiger partial charge in [-0.3, -0.25) is 24.2 Å². The van der Waals surface area contributed by atoms with Crippen molar-refractivity contribution in [3.63, 3.8) is 0 Å². The van der Waals surface area contributed by atoms with E-state index in [1.807, 2.05) is 58.0 Å². The standard InChI is InChI=1S/C37H49N3O7/c1-5-46-34-17-7-6-11-26-12-8-14-28(19-26)23-47-37(45)31-16-10-18-40(39-31)36(44)32(21-27-13-9-15-29(41)20-27)38-35(43)30(24(2)3)22-33(42)25(34)4/h6,8-9,11-15,19-20,24-25,30-32,34,39,41H,5,7,10,16-18,21-23H2,1-4H3,(H,38,43)/b11-6+/t25-,30-,31-,32-,34+/m0/s1. The number of nitrogens with zero attached hydrogens (tertiary/aromatic N) is 1. The third-order valence-electron chi connectivity index (χ3n) is 8.97. The molecule has 2 aliphatic heterocycles. The first-order valence-corrected chi connectivity index (χ1v) is 16.8. The number of benzene rings is 2. The molecule has 1 fully saturated rings. The van der Waals surface area contributed by atoms with Crippen molar-refractivity contribution in [2.45, 2.75) is 91.0 Å². The third kappa shape index (κ3) is 10.2. The maximum Gasteiger partial charge on any atom is 0.325 e. The van der Waals surface area contributed by atoms with Crippen LogP contribution in [0.5, 0.6) is 5.75 Å². The molecule has 0 aromatic heterocycles. The molecule has 254 valence electrons. The number of phenolic OH excluding ortho intramolecular Hbond substituents is 1. The van der Waals surface area contributed by atoms with Gasteiger partial charge in [-0.1, -0.05) is 63.3 Å². The molecule has 10 heteroatoms. The molecular formula is C37H49N3O7. The van der Waals surface area contributed by atoms with Gasteiger partial charge in [0.05, 0.1) is 6.10 Å². The highest BCUT2D eigenvalue weighted by Crippen LogP contribution is 2.24. The van der Waals surface area contributed by atoms with Crippen LogP contribution in [0.3, 0.4) is 0 Å². The minimum atomic E-state index is -1.01. The number of carbonyl (C=O) groups excluding carboxylic acids is 4. The van der Waals surface area contributed by atoms with E-state index in [-0.39, 0.29) is 43.0 Å². The van der Waals surface area contributed by atoms with Crippen molar-refractivity contribution in [2.24, 2.45) is 17.8 Å². The molecule has 0 radical (unpaired) electrons. The van der Waals surface area contributed by atoms with E-state index in [0.29, 0.717) is 44.4 Å². The molecule has 47 heavy (non-hydrogen) atoms. The fourth-order valence-electron chi connectivity index (χ4n) is 6.16. The number of aromatic hydroxyl groups is 1. The van der Waals surface area contributed by atoms with Gasteiger partial charge in [-0.15, -0.1) is 0 Å². The lowest BCUT2D eigenvalue weighted by Crippen LogP contribution is -2.60. The molecule has 4 rings (SSSR count). The van der Waals surface area contributed by atoms with Crippen LogP contribution in [0.15, 0.2) is 54.6 Å². The Bertz CT molecular complexity index is 1420. The number of ether oxygens (including phenoxy) is 2. The molecule has 3 N–H and O–H groups in total. The minimum absolute atomic E-state index is 0.0137. The highest BCUT2D eigenvalue weighted by atomic mass is 16.5. The molecule has 5 atom stereocenters. The largest absolute Gasteiger partial charge is 0.508 e. The zero-order chi connectivity index (χ0) is 33.9. The van der Waals surface area contributed by atoms with Gasteiger partial charge >= 0.3 is 5.97 Å². The second-order valence-corrected chi connectivity index (χ2v) is 12.9. The molecule has 2 heterocycles. The maximum absolute atomic E-state index is 14.0. The van der Waals surface area contributed by atoms with Crippen molar-refractivity contribution in [2.75, 3.05) is 13.2 Å². The zero-order valence-electron chi connectivity index (χ0n) is 27.9. The predicted octanol–water partition coefficient (Wildman–Crippen LogP) is 4.74. The maximum atomic E-state index is 14.0. The average Bonchev–Trinajstić information content (AvgIpc) is 3.06. The lowest BCUT2D eigenvalue weighted by atomic mass is 9.84. The second kappa shape index (κ2) is 17.2. The van der Waals surface area contributed by atoms with Gasteiger partial charge in [0.2, 0.25) is 5.91 Å². The van der Waals surface area contributed by atoms with Crippen LogP contribution in [-0.4, -0.2) is 65.0 Å². The van der Waals surface area contributed by atoms with E-state index in [1.54, 1.807) is 18.2 Å². The number of carbonyl (C=O) groups is 4. The fraction of sp³-hybridized carbons (Fsp3) is 0.514. The van der Waals surface area contributed by atoms with E-state index >= 15 is 0 Å². The van der Waals surface area contributed by atoms with E-state index < -0.39 is 41.7 Å². The summed E-state index contributed by atoms with van der Waals surface area (Å²) in [5.74, 6) is -2.57. The number of allylic oxidation sites excluding steroid dienone is 1. The Kier molecular flexibility index (Phi) is 13.1. The number of hydrazine groups is 1. The first kappa shape index (κ1) is 35.8. The van der Waals surface area contributed by atoms with Crippen molar-refractivity contribution < 1.29 is 33.8 Å². The Morgan fingerprint density at radius 1 is 1.06 bits per heavy atom. The van der Waals surface area contributed by atoms with Crippen molar-refractivity contribution in [3.05, 3.63) is 71.3 Å². The number of esters is 1. The molecule has 0 aliphatic carbocycles. The van der Waals surface area contributed by atoms with Crippen molar-refractivity contribution in [3.8, 4) is 5.75 Å². The van der Waals surface area contributed by atoms with Gasteiger partial charge in [0.25, 0.3) is 5.91 Å². The topological polar surface area (TPSA) is 134 Å². The first-order valence-electron chi connectivity index (χ1n) is 16.8. The summed E-state index contributed by atoms with van der Waals surface area (Å²) in [6.45, 7) is 8.43. The summed E-state index contributed by atoms with van der Waals surface area (Å²) in [4.78, 5) is 54.6. The number of phenols is 1. The lowest BCUT2D eigenvalue weighted by molar-refractivity contribution is -0.154. The number of Topliss-reactive ketones (excluding diaryl/α,β-unsaturated/α-hetero) is 1. The molecule has 0 spiro atoms. The normalized spacial score (nSPS) is 26.1. The Labute approximate surface area is 277 Å². The molecule has 0 unspecified atom stereocenters. The summed E-state index contributed by atoms with van der Waals surface area (Å²) in [6.07, 6.45) is 6.25. The number of hydrogen-bond acceptors (Lipinski definition) is 8. The predicted molar refractivity (Wildman–Crippen MR) is 179 cm³/mol. The SMILES string of the molecule is CCO[C@@H]1CC/C=C/c2cccc(c2)COC(=O)[C@@H]2CCCN(N2)C(=O)[C@H](Cc2cccc(O)c2)NC(=O)[C@H](C(C)C)CC(=O)[C@@H]1C. The Balaban J connectivity index is 1.65. The molecule has 2 amide bonds. The van der Waals surface area contributed by atoms with Crippen LogP contribution in [0.4, 0.5) is 0 Å². The number of rotatable bonds is 5. The van der Waals surface area contributed by atoms with Crippen LogP contribution in [0.25, 0.3) is 6.08 Å². The summed E-state index contributed by atoms with van der Waals surface area (Å²) in [5, 5.41) is 14.4. The van der Waals surface area contributed by atoms with E-state index in [9.17, 15) is 24.3 Å². The number of cyclic esters (lactones) is 1. The van der Waals surface area contributed by atoms with Crippen molar-refractivity contribution in [1.82, 2.24) is 15.8 Å². The van der Waals surface area contributed by atoms with Crippen LogP contribution in [0, 0.1) is 17.8 Å². The van der Waals surface area contributed by atoms with Crippen LogP contribution >= 0.6 is 0 Å². The number of amides is 2. The summed E-state index contributed by atoms with van der Waals surface area (Å²) < 4.78 is 11.7. The van der Waals surface area contributed by atoms with Gasteiger partial charge in [-0.25, -0.2) is 5.43 Å².